The van der Waals surface area contributed by atoms with Gasteiger partial charge in [-0.15, -0.1) is 0 Å². The molecule has 0 spiro atoms. The van der Waals surface area contributed by atoms with Gasteiger partial charge in [0, 0.05) is 84.6 Å². The van der Waals surface area contributed by atoms with E-state index in [1.54, 1.807) is 55.3 Å². The van der Waals surface area contributed by atoms with Crippen molar-refractivity contribution in [2.45, 2.75) is 174 Å². The van der Waals surface area contributed by atoms with Gasteiger partial charge in [0.1, 0.15) is 12.4 Å². The number of aliphatic hydroxyl groups is 1. The van der Waals surface area contributed by atoms with Crippen molar-refractivity contribution in [2.75, 3.05) is 59.5 Å². The Morgan fingerprint density at radius 2 is 1.48 bits per heavy atom. The smallest absolute Gasteiger partial charge is 0.410 e. The lowest BCUT2D eigenvalue weighted by Crippen LogP contribution is -2.54. The lowest BCUT2D eigenvalue weighted by Gasteiger charge is -2.41. The van der Waals surface area contributed by atoms with E-state index in [0.29, 0.717) is 50.8 Å². The number of rotatable bonds is 34. The number of imide groups is 1. The fraction of sp³-hybridized carbons (Fsp3) is 0.672. The van der Waals surface area contributed by atoms with E-state index >= 15 is 0 Å². The molecule has 0 saturated carbocycles. The summed E-state index contributed by atoms with van der Waals surface area (Å²) in [4.78, 5) is 114. The second-order valence-electron chi connectivity index (χ2n) is 22.7. The Kier molecular flexibility index (Phi) is 27.1. The second kappa shape index (κ2) is 32.3. The first-order valence-corrected chi connectivity index (χ1v) is 29.8. The Balaban J connectivity index is 1.32. The van der Waals surface area contributed by atoms with E-state index in [4.69, 9.17) is 14.2 Å². The summed E-state index contributed by atoms with van der Waals surface area (Å²) in [6.45, 7) is 16.2. The van der Waals surface area contributed by atoms with Crippen LogP contribution < -0.4 is 5.32 Å². The van der Waals surface area contributed by atoms with Crippen LogP contribution in [0.5, 0.6) is 0 Å². The number of carbonyl (C=O) groups excluding carboxylic acids is 8. The zero-order valence-corrected chi connectivity index (χ0v) is 50.3. The van der Waals surface area contributed by atoms with E-state index in [1.807, 2.05) is 92.0 Å². The van der Waals surface area contributed by atoms with Gasteiger partial charge in [0.25, 0.3) is 0 Å². The molecule has 2 aromatic rings. The minimum atomic E-state index is -0.886. The largest absolute Gasteiger partial charge is 0.445 e. The highest BCUT2D eigenvalue weighted by Gasteiger charge is 2.44. The molecule has 4 rings (SSSR count). The third-order valence-corrected chi connectivity index (χ3v) is 17.3. The summed E-state index contributed by atoms with van der Waals surface area (Å²) in [6.07, 6.45) is 3.81. The number of benzene rings is 2. The Morgan fingerprint density at radius 3 is 2.06 bits per heavy atom. The molecular formula is C61H93N5O12S. The van der Waals surface area contributed by atoms with Crippen molar-refractivity contribution < 1.29 is 57.7 Å². The Hall–Kier alpha value is -5.17. The summed E-state index contributed by atoms with van der Waals surface area (Å²) in [7, 11) is 6.34. The Labute approximate surface area is 474 Å². The van der Waals surface area contributed by atoms with Crippen LogP contribution >= 0.6 is 11.8 Å². The number of ether oxygens (including phenoxy) is 3. The lowest BCUT2D eigenvalue weighted by atomic mass is 9.83. The van der Waals surface area contributed by atoms with Crippen LogP contribution in [0.15, 0.2) is 54.6 Å². The average Bonchev–Trinajstić information content (AvgIpc) is 4.04. The average molecular weight is 1120 g/mol. The number of anilines is 1. The van der Waals surface area contributed by atoms with E-state index in [0.717, 1.165) is 24.1 Å². The number of likely N-dealkylation sites (tertiary alicyclic amines) is 2. The molecule has 2 unspecified atom stereocenters. The molecule has 5 amide bonds. The standard InChI is InChI=1S/C61H93N5O12S/c1-14-40(6)56(51(76-11)34-53(70)65-31-21-25-48(65)58(77-12)42(8)49(68)32-41(7)57(72)44-22-17-15-18-23-44)63(9)59(73)47(38(2)3)33-50(69)55(39(4)5)64(10)61(75)78-37-43-26-28-45(29-27-43)62-36-46(67)24-19-16-20-30-66-54(71)35-52(79-13)60(66)74/h15,17-18,22-23,26-29,38-42,47-48,51-52,55-58,62,72H,14,16,19-21,24-25,30-37H2,1-13H3/t40-,41-,42-,47-,48-,51+,52?,55-,56?,57+,58+/m0/s1. The zero-order valence-electron chi connectivity index (χ0n) is 49.4. The van der Waals surface area contributed by atoms with Crippen LogP contribution in [0.2, 0.25) is 0 Å². The molecule has 440 valence electrons. The molecule has 18 heteroatoms. The molecular weight excluding hydrogens is 1030 g/mol. The van der Waals surface area contributed by atoms with Crippen LogP contribution in [0.3, 0.4) is 0 Å². The summed E-state index contributed by atoms with van der Waals surface area (Å²) in [5, 5.41) is 13.8. The molecule has 0 bridgehead atoms. The van der Waals surface area contributed by atoms with Crippen LogP contribution in [0, 0.1) is 35.5 Å². The second-order valence-corrected chi connectivity index (χ2v) is 23.7. The molecule has 2 N–H and O–H groups in total. The van der Waals surface area contributed by atoms with Gasteiger partial charge in [0.15, 0.2) is 11.6 Å². The highest BCUT2D eigenvalue weighted by atomic mass is 32.2. The highest BCUT2D eigenvalue weighted by molar-refractivity contribution is 8.00. The Bertz CT molecular complexity index is 2320. The van der Waals surface area contributed by atoms with Crippen LogP contribution in [0.25, 0.3) is 0 Å². The first kappa shape index (κ1) is 66.3. The monoisotopic (exact) mass is 1120 g/mol. The maximum absolute atomic E-state index is 14.8. The zero-order chi connectivity index (χ0) is 58.7. The number of hydrogen-bond donors (Lipinski definition) is 2. The molecule has 0 aliphatic carbocycles. The lowest BCUT2D eigenvalue weighted by molar-refractivity contribution is -0.149. The van der Waals surface area contributed by atoms with Crippen molar-refractivity contribution in [1.82, 2.24) is 19.6 Å². The first-order chi connectivity index (χ1) is 37.5. The third-order valence-electron chi connectivity index (χ3n) is 16.4. The number of hydrogen-bond acceptors (Lipinski definition) is 14. The molecule has 0 aromatic heterocycles. The number of methoxy groups -OCH3 is 2. The number of Topliss-reactive ketones (excluding diaryl/α,β-unsaturated/α-hetero) is 3. The fourth-order valence-electron chi connectivity index (χ4n) is 11.4. The number of nitrogens with zero attached hydrogens (tertiary/aromatic N) is 4. The summed E-state index contributed by atoms with van der Waals surface area (Å²) in [5.74, 6) is -3.25. The molecule has 2 fully saturated rings. The molecule has 17 nitrogen and oxygen atoms in total. The van der Waals surface area contributed by atoms with Crippen LogP contribution in [0.4, 0.5) is 10.5 Å². The van der Waals surface area contributed by atoms with Gasteiger partial charge < -0.3 is 39.3 Å². The highest BCUT2D eigenvalue weighted by Crippen LogP contribution is 2.33. The summed E-state index contributed by atoms with van der Waals surface area (Å²) >= 11 is 1.40. The van der Waals surface area contributed by atoms with Gasteiger partial charge in [0.05, 0.1) is 54.7 Å². The molecule has 11 atom stereocenters. The molecule has 2 heterocycles. The van der Waals surface area contributed by atoms with Crippen molar-refractivity contribution in [3.05, 3.63) is 65.7 Å². The summed E-state index contributed by atoms with van der Waals surface area (Å²) in [5.41, 5.74) is 2.17. The van der Waals surface area contributed by atoms with Gasteiger partial charge in [0.2, 0.25) is 23.6 Å². The van der Waals surface area contributed by atoms with E-state index in [9.17, 15) is 43.5 Å². The molecule has 2 aliphatic rings. The SMILES string of the molecule is CC[C@H](C)C([C@@H](CC(=O)N1CCC[C@H]1[C@H](OC)[C@@H](C)C(=O)C[C@H](C)[C@@H](O)c1ccccc1)OC)N(C)C(=O)[C@@H](CC(=O)[C@H](C(C)C)N(C)C(=O)OCc1ccc(NCC(=O)CCCCCN2C(=O)CC(SC)C2=O)cc1)C(C)C. The first-order valence-electron chi connectivity index (χ1n) is 28.5. The van der Waals surface area contributed by atoms with Crippen molar-refractivity contribution in [1.29, 1.82) is 0 Å². The maximum atomic E-state index is 14.8. The van der Waals surface area contributed by atoms with E-state index in [1.165, 1.54) is 28.6 Å². The number of carbonyl (C=O) groups is 8. The van der Waals surface area contributed by atoms with Gasteiger partial charge >= 0.3 is 6.09 Å². The van der Waals surface area contributed by atoms with Crippen molar-refractivity contribution in [3.8, 4) is 0 Å². The summed E-state index contributed by atoms with van der Waals surface area (Å²) < 4.78 is 17.8. The van der Waals surface area contributed by atoms with Crippen LogP contribution in [0.1, 0.15) is 143 Å². The maximum Gasteiger partial charge on any atom is 0.410 e. The quantitative estimate of drug-likeness (QED) is 0.0496. The van der Waals surface area contributed by atoms with Crippen LogP contribution in [-0.4, -0.2) is 162 Å². The fourth-order valence-corrected chi connectivity index (χ4v) is 12.0. The number of aliphatic hydroxyl groups excluding tert-OH is 1. The minimum absolute atomic E-state index is 0.0216. The van der Waals surface area contributed by atoms with Gasteiger partial charge in [-0.25, -0.2) is 4.79 Å². The minimum Gasteiger partial charge on any atom is -0.445 e. The number of amides is 5. The number of thioether (sulfide) groups is 1. The van der Waals surface area contributed by atoms with Crippen LogP contribution in [-0.2, 0) is 54.4 Å². The number of ketones is 3. The predicted octanol–water partition coefficient (Wildman–Crippen LogP) is 8.79. The van der Waals surface area contributed by atoms with E-state index in [-0.39, 0.29) is 115 Å². The number of likely N-dealkylation sites (N-methyl/N-ethyl adjacent to an activating group) is 2. The summed E-state index contributed by atoms with van der Waals surface area (Å²) in [6, 6.07) is 14.7. The topological polar surface area (TPSA) is 209 Å². The molecule has 0 radical (unpaired) electrons. The normalized spacial score (nSPS) is 19.1. The van der Waals surface area contributed by atoms with Crippen molar-refractivity contribution >= 4 is 64.5 Å². The molecule has 2 aliphatic heterocycles. The number of unbranched alkanes of at least 4 members (excludes halogenated alkanes) is 2. The van der Waals surface area contributed by atoms with Crippen molar-refractivity contribution in [3.63, 3.8) is 0 Å². The van der Waals surface area contributed by atoms with Crippen molar-refractivity contribution in [2.24, 2.45) is 35.5 Å². The number of nitrogens with one attached hydrogen (secondary N) is 1. The van der Waals surface area contributed by atoms with Gasteiger partial charge in [-0.3, -0.25) is 38.5 Å². The van der Waals surface area contributed by atoms with Gasteiger partial charge in [-0.1, -0.05) is 111 Å². The van der Waals surface area contributed by atoms with E-state index < -0.39 is 48.3 Å². The third kappa shape index (κ3) is 18.4. The molecule has 2 saturated heterocycles. The van der Waals surface area contributed by atoms with Gasteiger partial charge in [-0.2, -0.15) is 11.8 Å². The molecule has 79 heavy (non-hydrogen) atoms. The molecule has 2 aromatic carbocycles. The van der Waals surface area contributed by atoms with E-state index in [2.05, 4.69) is 5.32 Å². The van der Waals surface area contributed by atoms with Gasteiger partial charge in [-0.05, 0) is 78.9 Å². The Morgan fingerprint density at radius 1 is 0.810 bits per heavy atom. The predicted molar refractivity (Wildman–Crippen MR) is 308 cm³/mol.